The maximum Gasteiger partial charge on any atom is 0.141 e. The zero-order valence-corrected chi connectivity index (χ0v) is 16.5. The molecule has 1 saturated heterocycles. The van der Waals surface area contributed by atoms with Crippen LogP contribution in [0.15, 0.2) is 36.7 Å². The number of benzene rings is 1. The Kier molecular flexibility index (Phi) is 5.06. The van der Waals surface area contributed by atoms with Crippen LogP contribution < -0.4 is 10.1 Å². The van der Waals surface area contributed by atoms with E-state index >= 15 is 0 Å². The maximum absolute atomic E-state index is 8.98. The lowest BCUT2D eigenvalue weighted by Crippen LogP contribution is -2.38. The lowest BCUT2D eigenvalue weighted by atomic mass is 9.82. The number of H-pyrrole nitrogens is 1. The van der Waals surface area contributed by atoms with Crippen LogP contribution in [0.5, 0.6) is 5.75 Å². The Morgan fingerprint density at radius 3 is 2.82 bits per heavy atom. The highest BCUT2D eigenvalue weighted by molar-refractivity contribution is 5.98. The minimum Gasteiger partial charge on any atom is -0.492 e. The molecule has 0 amide bonds. The number of nitrogens with zero attached hydrogens (tertiary/aromatic N) is 2. The quantitative estimate of drug-likeness (QED) is 0.695. The molecule has 1 aliphatic heterocycles. The van der Waals surface area contributed by atoms with E-state index < -0.39 is 0 Å². The molecule has 144 valence electrons. The third-order valence-electron chi connectivity index (χ3n) is 5.85. The number of piperidine rings is 1. The smallest absolute Gasteiger partial charge is 0.141 e. The van der Waals surface area contributed by atoms with Gasteiger partial charge in [0.05, 0.1) is 24.5 Å². The van der Waals surface area contributed by atoms with Crippen molar-refractivity contribution in [2.45, 2.75) is 33.1 Å². The van der Waals surface area contributed by atoms with E-state index in [0.717, 1.165) is 65.0 Å². The number of rotatable bonds is 5. The molecule has 0 unspecified atom stereocenters. The van der Waals surface area contributed by atoms with E-state index in [1.165, 1.54) is 0 Å². The van der Waals surface area contributed by atoms with Gasteiger partial charge in [-0.3, -0.25) is 0 Å². The second-order valence-corrected chi connectivity index (χ2v) is 8.06. The number of nitriles is 1. The van der Waals surface area contributed by atoms with Crippen molar-refractivity contribution in [3.05, 3.63) is 47.8 Å². The van der Waals surface area contributed by atoms with Crippen LogP contribution in [-0.2, 0) is 6.42 Å². The monoisotopic (exact) mass is 374 g/mol. The zero-order valence-electron chi connectivity index (χ0n) is 16.5. The Balaban J connectivity index is 1.67. The van der Waals surface area contributed by atoms with Gasteiger partial charge in [0.15, 0.2) is 0 Å². The Morgan fingerprint density at radius 1 is 1.25 bits per heavy atom. The number of fused-ring (bicyclic) bond motifs is 1. The minimum atomic E-state index is 0.201. The first-order valence-electron chi connectivity index (χ1n) is 9.86. The largest absolute Gasteiger partial charge is 0.492 e. The lowest BCUT2D eigenvalue weighted by molar-refractivity contribution is 0.124. The summed E-state index contributed by atoms with van der Waals surface area (Å²) in [4.78, 5) is 7.76. The van der Waals surface area contributed by atoms with Crippen molar-refractivity contribution in [1.82, 2.24) is 15.3 Å². The Hall–Kier alpha value is -2.84. The standard InChI is InChI=1S/C23H26N4O/c1-16-13-18(4-3-17(16)5-9-24)19-14-27-22-21(19)20(6-10-26-22)28-15-23(2)7-11-25-12-8-23/h3-4,6,10,13-14,25H,5,7-8,11-12,15H2,1-2H3,(H,26,27). The number of aryl methyl sites for hydroxylation is 1. The summed E-state index contributed by atoms with van der Waals surface area (Å²) in [7, 11) is 0. The molecule has 28 heavy (non-hydrogen) atoms. The van der Waals surface area contributed by atoms with E-state index in [-0.39, 0.29) is 5.41 Å². The number of aromatic nitrogens is 2. The fourth-order valence-electron chi connectivity index (χ4n) is 3.95. The molecule has 1 aliphatic rings. The fourth-order valence-corrected chi connectivity index (χ4v) is 3.95. The third kappa shape index (κ3) is 3.61. The second-order valence-electron chi connectivity index (χ2n) is 8.06. The summed E-state index contributed by atoms with van der Waals surface area (Å²) in [5.74, 6) is 0.875. The first-order chi connectivity index (χ1) is 13.6. The van der Waals surface area contributed by atoms with Gasteiger partial charge in [-0.2, -0.15) is 5.26 Å². The van der Waals surface area contributed by atoms with Gasteiger partial charge in [-0.15, -0.1) is 0 Å². The SMILES string of the molecule is Cc1cc(-c2c[nH]c3nccc(OCC4(C)CCNCC4)c23)ccc1CC#N. The molecular weight excluding hydrogens is 348 g/mol. The summed E-state index contributed by atoms with van der Waals surface area (Å²) in [6.45, 7) is 7.17. The average Bonchev–Trinajstić information content (AvgIpc) is 3.13. The van der Waals surface area contributed by atoms with Crippen molar-refractivity contribution in [3.8, 4) is 22.9 Å². The number of aromatic amines is 1. The number of ether oxygens (including phenoxy) is 1. The molecule has 1 fully saturated rings. The second kappa shape index (κ2) is 7.65. The highest BCUT2D eigenvalue weighted by Gasteiger charge is 2.28. The summed E-state index contributed by atoms with van der Waals surface area (Å²) in [5.41, 5.74) is 5.42. The van der Waals surface area contributed by atoms with Crippen LogP contribution >= 0.6 is 0 Å². The molecule has 5 nitrogen and oxygen atoms in total. The summed E-state index contributed by atoms with van der Waals surface area (Å²) < 4.78 is 6.34. The molecule has 0 atom stereocenters. The van der Waals surface area contributed by atoms with Crippen LogP contribution in [0.1, 0.15) is 30.9 Å². The fraction of sp³-hybridized carbons (Fsp3) is 0.391. The average molecular weight is 374 g/mol. The highest BCUT2D eigenvalue weighted by atomic mass is 16.5. The molecule has 1 aromatic carbocycles. The Labute approximate surface area is 165 Å². The van der Waals surface area contributed by atoms with Crippen molar-refractivity contribution in [3.63, 3.8) is 0 Å². The summed E-state index contributed by atoms with van der Waals surface area (Å²) in [6.07, 6.45) is 6.48. The van der Waals surface area contributed by atoms with Gasteiger partial charge in [-0.25, -0.2) is 4.98 Å². The molecule has 3 heterocycles. The first-order valence-corrected chi connectivity index (χ1v) is 9.86. The van der Waals surface area contributed by atoms with E-state index in [2.05, 4.69) is 47.3 Å². The molecule has 2 N–H and O–H groups in total. The predicted molar refractivity (Wildman–Crippen MR) is 111 cm³/mol. The molecule has 0 aliphatic carbocycles. The van der Waals surface area contributed by atoms with E-state index in [4.69, 9.17) is 10.00 Å². The highest BCUT2D eigenvalue weighted by Crippen LogP contribution is 2.37. The number of hydrogen-bond acceptors (Lipinski definition) is 4. The lowest BCUT2D eigenvalue weighted by Gasteiger charge is -2.33. The van der Waals surface area contributed by atoms with Crippen molar-refractivity contribution in [1.29, 1.82) is 5.26 Å². The zero-order chi connectivity index (χ0) is 19.6. The Bertz CT molecular complexity index is 1020. The molecule has 4 rings (SSSR count). The van der Waals surface area contributed by atoms with Crippen molar-refractivity contribution >= 4 is 11.0 Å². The predicted octanol–water partition coefficient (Wildman–Crippen LogP) is 4.37. The van der Waals surface area contributed by atoms with Gasteiger partial charge in [-0.1, -0.05) is 25.1 Å². The molecule has 0 radical (unpaired) electrons. The van der Waals surface area contributed by atoms with Gasteiger partial charge in [0.25, 0.3) is 0 Å². The summed E-state index contributed by atoms with van der Waals surface area (Å²) >= 11 is 0. The number of pyridine rings is 1. The van der Waals surface area contributed by atoms with Crippen LogP contribution in [0, 0.1) is 23.7 Å². The Morgan fingerprint density at radius 2 is 2.07 bits per heavy atom. The third-order valence-corrected chi connectivity index (χ3v) is 5.85. The van der Waals surface area contributed by atoms with Crippen LogP contribution in [0.2, 0.25) is 0 Å². The van der Waals surface area contributed by atoms with Gasteiger partial charge in [0.2, 0.25) is 0 Å². The van der Waals surface area contributed by atoms with Gasteiger partial charge in [0.1, 0.15) is 11.4 Å². The van der Waals surface area contributed by atoms with E-state index in [1.54, 1.807) is 6.20 Å². The van der Waals surface area contributed by atoms with Crippen LogP contribution in [0.3, 0.4) is 0 Å². The minimum absolute atomic E-state index is 0.201. The van der Waals surface area contributed by atoms with Crippen molar-refractivity contribution < 1.29 is 4.74 Å². The maximum atomic E-state index is 8.98. The molecular formula is C23H26N4O. The normalized spacial score (nSPS) is 16.0. The van der Waals surface area contributed by atoms with Crippen LogP contribution in [0.4, 0.5) is 0 Å². The molecule has 5 heteroatoms. The van der Waals surface area contributed by atoms with Gasteiger partial charge < -0.3 is 15.0 Å². The first kappa shape index (κ1) is 18.5. The van der Waals surface area contributed by atoms with Crippen LogP contribution in [-0.4, -0.2) is 29.7 Å². The topological polar surface area (TPSA) is 73.7 Å². The number of nitrogens with one attached hydrogen (secondary N) is 2. The van der Waals surface area contributed by atoms with E-state index in [0.29, 0.717) is 13.0 Å². The van der Waals surface area contributed by atoms with E-state index in [9.17, 15) is 0 Å². The van der Waals surface area contributed by atoms with Crippen molar-refractivity contribution in [2.75, 3.05) is 19.7 Å². The molecule has 2 aromatic heterocycles. The van der Waals surface area contributed by atoms with Gasteiger partial charge in [-0.05, 0) is 55.6 Å². The number of hydrogen-bond donors (Lipinski definition) is 2. The van der Waals surface area contributed by atoms with Gasteiger partial charge in [0, 0.05) is 23.4 Å². The van der Waals surface area contributed by atoms with Gasteiger partial charge >= 0.3 is 0 Å². The van der Waals surface area contributed by atoms with Crippen molar-refractivity contribution in [2.24, 2.45) is 5.41 Å². The molecule has 0 spiro atoms. The summed E-state index contributed by atoms with van der Waals surface area (Å²) in [6, 6.07) is 10.4. The molecule has 0 bridgehead atoms. The molecule has 0 saturated carbocycles. The van der Waals surface area contributed by atoms with Crippen LogP contribution in [0.25, 0.3) is 22.2 Å². The van der Waals surface area contributed by atoms with E-state index in [1.807, 2.05) is 18.3 Å². The summed E-state index contributed by atoms with van der Waals surface area (Å²) in [5, 5.41) is 13.4. The molecule has 3 aromatic rings.